The number of carbonyl (C=O) groups is 2. The van der Waals surface area contributed by atoms with Crippen molar-refractivity contribution in [3.8, 4) is 5.75 Å². The molecule has 3 N–H and O–H groups in total. The quantitative estimate of drug-likeness (QED) is 0.793. The summed E-state index contributed by atoms with van der Waals surface area (Å²) < 4.78 is 5.13. The smallest absolute Gasteiger partial charge is 0.255 e. The summed E-state index contributed by atoms with van der Waals surface area (Å²) in [5, 5.41) is 9.08. The number of benzene rings is 1. The molecule has 6 heteroatoms. The molecule has 1 aromatic rings. The predicted molar refractivity (Wildman–Crippen MR) is 72.2 cm³/mol. The van der Waals surface area contributed by atoms with Gasteiger partial charge < -0.3 is 20.5 Å². The molecule has 0 aliphatic carbocycles. The largest absolute Gasteiger partial charge is 0.484 e. The molecule has 1 atom stereocenters. The van der Waals surface area contributed by atoms with E-state index in [0.29, 0.717) is 24.4 Å². The van der Waals surface area contributed by atoms with E-state index in [1.54, 1.807) is 29.2 Å². The van der Waals surface area contributed by atoms with Crippen molar-refractivity contribution in [2.45, 2.75) is 6.42 Å². The van der Waals surface area contributed by atoms with Gasteiger partial charge in [0.05, 0.1) is 0 Å². The fraction of sp³-hybridized carbons (Fsp3) is 0.429. The molecule has 0 saturated carbocycles. The third-order valence-electron chi connectivity index (χ3n) is 3.31. The molecule has 1 aliphatic heterocycles. The number of nitrogens with two attached hydrogens (primary N) is 1. The maximum Gasteiger partial charge on any atom is 0.255 e. The van der Waals surface area contributed by atoms with E-state index in [1.807, 2.05) is 0 Å². The topological polar surface area (TPSA) is 92.9 Å². The van der Waals surface area contributed by atoms with E-state index >= 15 is 0 Å². The molecule has 0 spiro atoms. The molecule has 1 aromatic carbocycles. The number of hydrogen-bond donors (Lipinski definition) is 2. The van der Waals surface area contributed by atoms with Gasteiger partial charge in [0.25, 0.3) is 11.8 Å². The highest BCUT2D eigenvalue weighted by Gasteiger charge is 2.26. The molecule has 20 heavy (non-hydrogen) atoms. The molecule has 1 saturated heterocycles. The maximum atomic E-state index is 12.2. The molecule has 6 nitrogen and oxygen atoms in total. The number of hydrogen-bond acceptors (Lipinski definition) is 4. The SMILES string of the molecule is NC(=O)COc1ccc(C(=O)N2CCC(CO)C2)cc1. The minimum Gasteiger partial charge on any atom is -0.484 e. The fourth-order valence-electron chi connectivity index (χ4n) is 2.20. The van der Waals surface area contributed by atoms with Crippen molar-refractivity contribution in [3.05, 3.63) is 29.8 Å². The lowest BCUT2D eigenvalue weighted by Gasteiger charge is -2.16. The van der Waals surface area contributed by atoms with Gasteiger partial charge in [0.2, 0.25) is 0 Å². The highest BCUT2D eigenvalue weighted by atomic mass is 16.5. The Bertz CT molecular complexity index is 486. The van der Waals surface area contributed by atoms with Crippen LogP contribution in [0.5, 0.6) is 5.75 Å². The lowest BCUT2D eigenvalue weighted by molar-refractivity contribution is -0.119. The van der Waals surface area contributed by atoms with E-state index in [0.717, 1.165) is 6.42 Å². The number of primary amides is 1. The molecule has 0 radical (unpaired) electrons. The summed E-state index contributed by atoms with van der Waals surface area (Å²) in [6.07, 6.45) is 0.835. The number of likely N-dealkylation sites (tertiary alicyclic amines) is 1. The third-order valence-corrected chi connectivity index (χ3v) is 3.31. The summed E-state index contributed by atoms with van der Waals surface area (Å²) in [6, 6.07) is 6.58. The number of ether oxygens (including phenoxy) is 1. The molecule has 1 aliphatic rings. The van der Waals surface area contributed by atoms with Gasteiger partial charge in [0.1, 0.15) is 5.75 Å². The number of aliphatic hydroxyl groups is 1. The van der Waals surface area contributed by atoms with Gasteiger partial charge >= 0.3 is 0 Å². The molecule has 108 valence electrons. The van der Waals surface area contributed by atoms with E-state index in [9.17, 15) is 9.59 Å². The van der Waals surface area contributed by atoms with E-state index in [2.05, 4.69) is 0 Å². The molecule has 2 amide bonds. The summed E-state index contributed by atoms with van der Waals surface area (Å²) in [4.78, 5) is 24.5. The Balaban J connectivity index is 1.95. The number of aliphatic hydroxyl groups excluding tert-OH is 1. The minimum absolute atomic E-state index is 0.0533. The molecule has 2 rings (SSSR count). The van der Waals surface area contributed by atoms with Gasteiger partial charge in [0, 0.05) is 31.2 Å². The Morgan fingerprint density at radius 3 is 2.60 bits per heavy atom. The lowest BCUT2D eigenvalue weighted by atomic mass is 10.1. The second-order valence-corrected chi connectivity index (χ2v) is 4.87. The molecule has 1 heterocycles. The van der Waals surface area contributed by atoms with Gasteiger partial charge in [-0.05, 0) is 30.7 Å². The minimum atomic E-state index is -0.544. The molecular formula is C14H18N2O4. The van der Waals surface area contributed by atoms with Crippen LogP contribution in [0.25, 0.3) is 0 Å². The van der Waals surface area contributed by atoms with Crippen LogP contribution < -0.4 is 10.5 Å². The normalized spacial score (nSPS) is 18.1. The van der Waals surface area contributed by atoms with Crippen molar-refractivity contribution in [2.75, 3.05) is 26.3 Å². The Kier molecular flexibility index (Phi) is 4.57. The monoisotopic (exact) mass is 278 g/mol. The van der Waals surface area contributed by atoms with Crippen molar-refractivity contribution in [1.29, 1.82) is 0 Å². The van der Waals surface area contributed by atoms with Crippen molar-refractivity contribution in [1.82, 2.24) is 4.90 Å². The van der Waals surface area contributed by atoms with Crippen LogP contribution in [0.2, 0.25) is 0 Å². The number of nitrogens with zero attached hydrogens (tertiary/aromatic N) is 1. The molecule has 1 fully saturated rings. The zero-order valence-electron chi connectivity index (χ0n) is 11.1. The van der Waals surface area contributed by atoms with Crippen molar-refractivity contribution < 1.29 is 19.4 Å². The Labute approximate surface area is 117 Å². The van der Waals surface area contributed by atoms with Gasteiger partial charge in [-0.3, -0.25) is 9.59 Å². The second-order valence-electron chi connectivity index (χ2n) is 4.87. The first-order valence-electron chi connectivity index (χ1n) is 6.51. The molecule has 0 aromatic heterocycles. The van der Waals surface area contributed by atoms with Crippen molar-refractivity contribution in [2.24, 2.45) is 11.7 Å². The first kappa shape index (κ1) is 14.3. The highest BCUT2D eigenvalue weighted by molar-refractivity contribution is 5.94. The molecular weight excluding hydrogens is 260 g/mol. The van der Waals surface area contributed by atoms with Crippen LogP contribution in [0.15, 0.2) is 24.3 Å². The van der Waals surface area contributed by atoms with E-state index in [4.69, 9.17) is 15.6 Å². The predicted octanol–water partition coefficient (Wildman–Crippen LogP) is 0.00510. The summed E-state index contributed by atoms with van der Waals surface area (Å²) in [6.45, 7) is 1.19. The highest BCUT2D eigenvalue weighted by Crippen LogP contribution is 2.19. The van der Waals surface area contributed by atoms with Gasteiger partial charge in [-0.25, -0.2) is 0 Å². The third kappa shape index (κ3) is 3.48. The number of rotatable bonds is 5. The number of amides is 2. The summed E-state index contributed by atoms with van der Waals surface area (Å²) in [7, 11) is 0. The van der Waals surface area contributed by atoms with Crippen LogP contribution >= 0.6 is 0 Å². The van der Waals surface area contributed by atoms with Crippen molar-refractivity contribution >= 4 is 11.8 Å². The van der Waals surface area contributed by atoms with E-state index in [1.165, 1.54) is 0 Å². The average molecular weight is 278 g/mol. The Morgan fingerprint density at radius 2 is 2.05 bits per heavy atom. The first-order chi connectivity index (χ1) is 9.60. The van der Waals surface area contributed by atoms with E-state index < -0.39 is 5.91 Å². The van der Waals surface area contributed by atoms with Gasteiger partial charge in [-0.2, -0.15) is 0 Å². The second kappa shape index (κ2) is 6.38. The first-order valence-corrected chi connectivity index (χ1v) is 6.51. The van der Waals surface area contributed by atoms with Gasteiger partial charge in [-0.1, -0.05) is 0 Å². The van der Waals surface area contributed by atoms with Crippen LogP contribution in [0.1, 0.15) is 16.8 Å². The Hall–Kier alpha value is -2.08. The fourth-order valence-corrected chi connectivity index (χ4v) is 2.20. The summed E-state index contributed by atoms with van der Waals surface area (Å²) in [5.41, 5.74) is 5.55. The zero-order valence-corrected chi connectivity index (χ0v) is 11.1. The summed E-state index contributed by atoms with van der Waals surface area (Å²) in [5.74, 6) is 0.0757. The van der Waals surface area contributed by atoms with Gasteiger partial charge in [-0.15, -0.1) is 0 Å². The Morgan fingerprint density at radius 1 is 1.35 bits per heavy atom. The van der Waals surface area contributed by atoms with Crippen LogP contribution in [0.4, 0.5) is 0 Å². The maximum absolute atomic E-state index is 12.2. The van der Waals surface area contributed by atoms with Gasteiger partial charge in [0.15, 0.2) is 6.61 Å². The molecule has 1 unspecified atom stereocenters. The average Bonchev–Trinajstić information content (AvgIpc) is 2.94. The van der Waals surface area contributed by atoms with Crippen LogP contribution in [-0.4, -0.2) is 48.1 Å². The van der Waals surface area contributed by atoms with Crippen LogP contribution in [-0.2, 0) is 4.79 Å². The lowest BCUT2D eigenvalue weighted by Crippen LogP contribution is -2.29. The van der Waals surface area contributed by atoms with Crippen molar-refractivity contribution in [3.63, 3.8) is 0 Å². The van der Waals surface area contributed by atoms with Crippen LogP contribution in [0, 0.1) is 5.92 Å². The zero-order chi connectivity index (χ0) is 14.5. The standard InChI is InChI=1S/C14H18N2O4/c15-13(18)9-20-12-3-1-11(2-4-12)14(19)16-6-5-10(7-16)8-17/h1-4,10,17H,5-9H2,(H2,15,18). The number of carbonyl (C=O) groups excluding carboxylic acids is 2. The van der Waals surface area contributed by atoms with E-state index in [-0.39, 0.29) is 25.0 Å². The molecule has 0 bridgehead atoms. The van der Waals surface area contributed by atoms with Crippen LogP contribution in [0.3, 0.4) is 0 Å². The summed E-state index contributed by atoms with van der Waals surface area (Å²) >= 11 is 0.